The molecule has 0 amide bonds. The zero-order valence-corrected chi connectivity index (χ0v) is 12.6. The molecule has 5 heteroatoms. The van der Waals surface area contributed by atoms with E-state index in [0.29, 0.717) is 0 Å². The number of aryl methyl sites for hydroxylation is 1. The minimum absolute atomic E-state index is 0.211. The standard InChI is InChI=1S/C16H19FN4/c1-4-14-19-15(18-3)10(2)16(20-14)21-8-7-11-5-6-12(17)9-13(11)21/h5-6,9H,4,7-8H2,1-3H3,(H,18,19,20). The predicted octanol–water partition coefficient (Wildman–Crippen LogP) is 3.22. The second kappa shape index (κ2) is 5.31. The molecule has 1 aromatic carbocycles. The van der Waals surface area contributed by atoms with Crippen LogP contribution in [0, 0.1) is 12.7 Å². The molecule has 3 rings (SSSR count). The first kappa shape index (κ1) is 13.8. The number of nitrogens with one attached hydrogen (secondary N) is 1. The molecule has 0 fully saturated rings. The second-order valence-corrected chi connectivity index (χ2v) is 5.22. The summed E-state index contributed by atoms with van der Waals surface area (Å²) in [7, 11) is 1.86. The molecule has 2 heterocycles. The third-order valence-corrected chi connectivity index (χ3v) is 3.92. The maximum atomic E-state index is 13.6. The van der Waals surface area contributed by atoms with Gasteiger partial charge in [0.15, 0.2) is 0 Å². The summed E-state index contributed by atoms with van der Waals surface area (Å²) in [5, 5.41) is 3.12. The zero-order valence-electron chi connectivity index (χ0n) is 12.6. The highest BCUT2D eigenvalue weighted by Crippen LogP contribution is 2.36. The number of hydrogen-bond acceptors (Lipinski definition) is 4. The number of rotatable bonds is 3. The first-order chi connectivity index (χ1) is 10.1. The molecule has 110 valence electrons. The summed E-state index contributed by atoms with van der Waals surface area (Å²) >= 11 is 0. The van der Waals surface area contributed by atoms with Gasteiger partial charge in [0.2, 0.25) is 0 Å². The quantitative estimate of drug-likeness (QED) is 0.940. The van der Waals surface area contributed by atoms with Crippen molar-refractivity contribution in [1.29, 1.82) is 0 Å². The normalized spacial score (nSPS) is 13.4. The Morgan fingerprint density at radius 1 is 1.33 bits per heavy atom. The van der Waals surface area contributed by atoms with Gasteiger partial charge in [0.1, 0.15) is 23.3 Å². The molecule has 0 radical (unpaired) electrons. The zero-order chi connectivity index (χ0) is 15.0. The van der Waals surface area contributed by atoms with Crippen LogP contribution in [0.3, 0.4) is 0 Å². The Bertz CT molecular complexity index is 684. The summed E-state index contributed by atoms with van der Waals surface area (Å²) in [6, 6.07) is 4.97. The number of anilines is 3. The molecule has 0 atom stereocenters. The monoisotopic (exact) mass is 286 g/mol. The van der Waals surface area contributed by atoms with Crippen LogP contribution >= 0.6 is 0 Å². The first-order valence-corrected chi connectivity index (χ1v) is 7.25. The summed E-state index contributed by atoms with van der Waals surface area (Å²) < 4.78 is 13.6. The number of halogens is 1. The molecule has 21 heavy (non-hydrogen) atoms. The van der Waals surface area contributed by atoms with Gasteiger partial charge in [0.05, 0.1) is 0 Å². The number of nitrogens with zero attached hydrogens (tertiary/aromatic N) is 3. The van der Waals surface area contributed by atoms with E-state index >= 15 is 0 Å². The molecular formula is C16H19FN4. The van der Waals surface area contributed by atoms with Gasteiger partial charge in [-0.05, 0) is 31.0 Å². The van der Waals surface area contributed by atoms with Gasteiger partial charge in [-0.15, -0.1) is 0 Å². The van der Waals surface area contributed by atoms with E-state index in [4.69, 9.17) is 0 Å². The van der Waals surface area contributed by atoms with Crippen LogP contribution < -0.4 is 10.2 Å². The van der Waals surface area contributed by atoms with Crippen molar-refractivity contribution in [3.05, 3.63) is 41.0 Å². The molecule has 0 unspecified atom stereocenters. The van der Waals surface area contributed by atoms with Crippen LogP contribution in [-0.2, 0) is 12.8 Å². The van der Waals surface area contributed by atoms with Crippen LogP contribution in [0.5, 0.6) is 0 Å². The van der Waals surface area contributed by atoms with E-state index in [-0.39, 0.29) is 5.82 Å². The van der Waals surface area contributed by atoms with E-state index in [0.717, 1.165) is 48.1 Å². The Labute approximate surface area is 124 Å². The molecule has 1 aliphatic rings. The third kappa shape index (κ3) is 2.33. The first-order valence-electron chi connectivity index (χ1n) is 7.25. The molecule has 0 spiro atoms. The lowest BCUT2D eigenvalue weighted by Gasteiger charge is -2.22. The van der Waals surface area contributed by atoms with Crippen molar-refractivity contribution in [2.75, 3.05) is 23.8 Å². The summed E-state index contributed by atoms with van der Waals surface area (Å²) in [4.78, 5) is 11.2. The van der Waals surface area contributed by atoms with Crippen molar-refractivity contribution in [3.8, 4) is 0 Å². The van der Waals surface area contributed by atoms with Gasteiger partial charge < -0.3 is 10.2 Å². The van der Waals surface area contributed by atoms with Crippen LogP contribution in [0.1, 0.15) is 23.9 Å². The van der Waals surface area contributed by atoms with Gasteiger partial charge >= 0.3 is 0 Å². The van der Waals surface area contributed by atoms with Crippen LogP contribution in [0.4, 0.5) is 21.7 Å². The Morgan fingerprint density at radius 2 is 2.14 bits per heavy atom. The van der Waals surface area contributed by atoms with Crippen molar-refractivity contribution < 1.29 is 4.39 Å². The van der Waals surface area contributed by atoms with Crippen molar-refractivity contribution in [2.24, 2.45) is 0 Å². The van der Waals surface area contributed by atoms with Gasteiger partial charge in [0.25, 0.3) is 0 Å². The number of fused-ring (bicyclic) bond motifs is 1. The Balaban J connectivity index is 2.12. The fourth-order valence-corrected chi connectivity index (χ4v) is 2.79. The topological polar surface area (TPSA) is 41.1 Å². The van der Waals surface area contributed by atoms with E-state index in [2.05, 4.69) is 20.2 Å². The minimum atomic E-state index is -0.211. The SMILES string of the molecule is CCc1nc(NC)c(C)c(N2CCc3ccc(F)cc32)n1. The van der Waals surface area contributed by atoms with Gasteiger partial charge in [-0.2, -0.15) is 0 Å². The molecule has 1 aliphatic heterocycles. The maximum Gasteiger partial charge on any atom is 0.141 e. The van der Waals surface area contributed by atoms with Crippen molar-refractivity contribution in [3.63, 3.8) is 0 Å². The summed E-state index contributed by atoms with van der Waals surface area (Å²) in [6.45, 7) is 4.85. The van der Waals surface area contributed by atoms with E-state index < -0.39 is 0 Å². The van der Waals surface area contributed by atoms with Gasteiger partial charge in [0, 0.05) is 31.3 Å². The largest absolute Gasteiger partial charge is 0.373 e. The molecule has 1 aromatic heterocycles. The molecule has 0 saturated heterocycles. The summed E-state index contributed by atoms with van der Waals surface area (Å²) in [5.41, 5.74) is 3.08. The molecule has 2 aromatic rings. The molecule has 0 aliphatic carbocycles. The smallest absolute Gasteiger partial charge is 0.141 e. The Kier molecular flexibility index (Phi) is 3.49. The average molecular weight is 286 g/mol. The summed E-state index contributed by atoms with van der Waals surface area (Å²) in [5.74, 6) is 2.29. The van der Waals surface area contributed by atoms with E-state index in [1.54, 1.807) is 6.07 Å². The van der Waals surface area contributed by atoms with E-state index in [9.17, 15) is 4.39 Å². The highest BCUT2D eigenvalue weighted by atomic mass is 19.1. The summed E-state index contributed by atoms with van der Waals surface area (Å²) in [6.07, 6.45) is 1.68. The fourth-order valence-electron chi connectivity index (χ4n) is 2.79. The van der Waals surface area contributed by atoms with Gasteiger partial charge in [-0.25, -0.2) is 14.4 Å². The highest BCUT2D eigenvalue weighted by Gasteiger charge is 2.24. The number of benzene rings is 1. The van der Waals surface area contributed by atoms with E-state index in [1.165, 1.54) is 11.6 Å². The molecule has 4 nitrogen and oxygen atoms in total. The van der Waals surface area contributed by atoms with Crippen molar-refractivity contribution in [2.45, 2.75) is 26.7 Å². The second-order valence-electron chi connectivity index (χ2n) is 5.22. The number of aromatic nitrogens is 2. The Hall–Kier alpha value is -2.17. The average Bonchev–Trinajstić information content (AvgIpc) is 2.90. The van der Waals surface area contributed by atoms with Gasteiger partial charge in [-0.1, -0.05) is 13.0 Å². The predicted molar refractivity (Wildman–Crippen MR) is 82.8 cm³/mol. The van der Waals surface area contributed by atoms with Crippen LogP contribution in [-0.4, -0.2) is 23.6 Å². The lowest BCUT2D eigenvalue weighted by atomic mass is 10.1. The van der Waals surface area contributed by atoms with E-state index in [1.807, 2.05) is 27.0 Å². The minimum Gasteiger partial charge on any atom is -0.373 e. The van der Waals surface area contributed by atoms with Crippen LogP contribution in [0.25, 0.3) is 0 Å². The number of hydrogen-bond donors (Lipinski definition) is 1. The van der Waals surface area contributed by atoms with Gasteiger partial charge in [-0.3, -0.25) is 0 Å². The third-order valence-electron chi connectivity index (χ3n) is 3.92. The Morgan fingerprint density at radius 3 is 2.86 bits per heavy atom. The van der Waals surface area contributed by atoms with Crippen molar-refractivity contribution in [1.82, 2.24) is 9.97 Å². The lowest BCUT2D eigenvalue weighted by Crippen LogP contribution is -2.18. The molecule has 0 bridgehead atoms. The van der Waals surface area contributed by atoms with Crippen LogP contribution in [0.2, 0.25) is 0 Å². The lowest BCUT2D eigenvalue weighted by molar-refractivity contribution is 0.628. The fraction of sp³-hybridized carbons (Fsp3) is 0.375. The maximum absolute atomic E-state index is 13.6. The molecular weight excluding hydrogens is 267 g/mol. The van der Waals surface area contributed by atoms with Crippen molar-refractivity contribution >= 4 is 17.3 Å². The van der Waals surface area contributed by atoms with Crippen LogP contribution in [0.15, 0.2) is 18.2 Å². The highest BCUT2D eigenvalue weighted by molar-refractivity contribution is 5.72. The molecule has 0 saturated carbocycles. The molecule has 1 N–H and O–H groups in total.